The number of aryl methyl sites for hydroxylation is 1. The van der Waals surface area contributed by atoms with Crippen LogP contribution in [-0.2, 0) is 16.6 Å². The third-order valence-corrected chi connectivity index (χ3v) is 8.06. The summed E-state index contributed by atoms with van der Waals surface area (Å²) in [6.45, 7) is 2.09. The van der Waals surface area contributed by atoms with Crippen LogP contribution in [0.3, 0.4) is 0 Å². The number of sulfonamides is 1. The summed E-state index contributed by atoms with van der Waals surface area (Å²) < 4.78 is 35.1. The molecule has 8 nitrogen and oxygen atoms in total. The van der Waals surface area contributed by atoms with Gasteiger partial charge in [0.25, 0.3) is 5.22 Å². The molecule has 0 aliphatic carbocycles. The van der Waals surface area contributed by atoms with Gasteiger partial charge in [0, 0.05) is 43.3 Å². The highest BCUT2D eigenvalue weighted by atomic mass is 32.2. The van der Waals surface area contributed by atoms with Crippen LogP contribution in [0.1, 0.15) is 38.5 Å². The minimum atomic E-state index is -3.49. The van der Waals surface area contributed by atoms with E-state index in [1.54, 1.807) is 34.8 Å². The van der Waals surface area contributed by atoms with Crippen molar-refractivity contribution in [1.82, 2.24) is 24.3 Å². The lowest BCUT2D eigenvalue weighted by Crippen LogP contribution is -2.35. The zero-order valence-corrected chi connectivity index (χ0v) is 19.0. The SMILES string of the molecule is O=S(=O)(c1cccc(-c2nnc(SCCCCCn3cccn3)o2)c1)N1CCCCC1. The lowest BCUT2D eigenvalue weighted by molar-refractivity contribution is 0.346. The second-order valence-corrected chi connectivity index (χ2v) is 10.5. The third kappa shape index (κ3) is 5.75. The Balaban J connectivity index is 1.31. The van der Waals surface area contributed by atoms with E-state index >= 15 is 0 Å². The van der Waals surface area contributed by atoms with Crippen LogP contribution in [0.2, 0.25) is 0 Å². The number of nitrogens with zero attached hydrogens (tertiary/aromatic N) is 5. The molecule has 0 spiro atoms. The van der Waals surface area contributed by atoms with E-state index in [0.717, 1.165) is 50.8 Å². The average Bonchev–Trinajstić information content (AvgIpc) is 3.49. The van der Waals surface area contributed by atoms with Crippen molar-refractivity contribution in [3.05, 3.63) is 42.7 Å². The predicted molar refractivity (Wildman–Crippen MR) is 119 cm³/mol. The lowest BCUT2D eigenvalue weighted by Gasteiger charge is -2.25. The highest BCUT2D eigenvalue weighted by molar-refractivity contribution is 7.99. The van der Waals surface area contributed by atoms with E-state index in [1.807, 2.05) is 16.9 Å². The Morgan fingerprint density at radius 2 is 1.90 bits per heavy atom. The molecule has 3 heterocycles. The Hall–Kier alpha value is -2.17. The van der Waals surface area contributed by atoms with E-state index in [9.17, 15) is 8.42 Å². The monoisotopic (exact) mass is 461 g/mol. The normalized spacial score (nSPS) is 15.4. The summed E-state index contributed by atoms with van der Waals surface area (Å²) in [5.41, 5.74) is 0.622. The van der Waals surface area contributed by atoms with Crippen molar-refractivity contribution in [2.45, 2.75) is 55.2 Å². The highest BCUT2D eigenvalue weighted by Gasteiger charge is 2.26. The van der Waals surface area contributed by atoms with Gasteiger partial charge in [-0.15, -0.1) is 10.2 Å². The molecule has 1 saturated heterocycles. The summed E-state index contributed by atoms with van der Waals surface area (Å²) in [6, 6.07) is 8.71. The van der Waals surface area contributed by atoms with Gasteiger partial charge < -0.3 is 4.42 Å². The van der Waals surface area contributed by atoms with Gasteiger partial charge in [-0.25, -0.2) is 8.42 Å². The van der Waals surface area contributed by atoms with Crippen molar-refractivity contribution < 1.29 is 12.8 Å². The Bertz CT molecular complexity index is 1060. The molecule has 10 heteroatoms. The van der Waals surface area contributed by atoms with Gasteiger partial charge in [0.1, 0.15) is 0 Å². The number of thioether (sulfide) groups is 1. The van der Waals surface area contributed by atoms with Crippen LogP contribution >= 0.6 is 11.8 Å². The number of piperidine rings is 1. The van der Waals surface area contributed by atoms with Crippen molar-refractivity contribution in [2.75, 3.05) is 18.8 Å². The molecule has 0 N–H and O–H groups in total. The Morgan fingerprint density at radius 3 is 2.71 bits per heavy atom. The molecule has 31 heavy (non-hydrogen) atoms. The molecule has 0 bridgehead atoms. The molecule has 2 aromatic heterocycles. The number of hydrogen-bond donors (Lipinski definition) is 0. The molecule has 1 fully saturated rings. The number of unbranched alkanes of at least 4 members (excludes halogenated alkanes) is 2. The third-order valence-electron chi connectivity index (χ3n) is 5.26. The molecule has 0 saturated carbocycles. The van der Waals surface area contributed by atoms with Crippen LogP contribution < -0.4 is 0 Å². The fourth-order valence-corrected chi connectivity index (χ4v) is 5.90. The first kappa shape index (κ1) is 22.0. The summed E-state index contributed by atoms with van der Waals surface area (Å²) in [5.74, 6) is 1.24. The molecule has 3 aromatic rings. The molecule has 0 amide bonds. The standard InChI is InChI=1S/C21H27N5O3S2/c27-31(28,26-14-4-1-5-15-26)19-10-7-9-18(17-19)20-23-24-21(29-20)30-16-6-2-3-12-25-13-8-11-22-25/h7-11,13,17H,1-6,12,14-16H2. The molecule has 1 aliphatic rings. The van der Waals surface area contributed by atoms with Gasteiger partial charge in [-0.05, 0) is 49.9 Å². The first-order chi connectivity index (χ1) is 15.1. The molecule has 166 valence electrons. The molecule has 1 aromatic carbocycles. The quantitative estimate of drug-likeness (QED) is 0.332. The van der Waals surface area contributed by atoms with Crippen LogP contribution in [0.5, 0.6) is 0 Å². The number of hydrogen-bond acceptors (Lipinski definition) is 7. The second kappa shape index (κ2) is 10.4. The summed E-state index contributed by atoms with van der Waals surface area (Å²) >= 11 is 1.53. The molecule has 4 rings (SSSR count). The summed E-state index contributed by atoms with van der Waals surface area (Å²) in [7, 11) is -3.49. The van der Waals surface area contributed by atoms with Crippen LogP contribution in [-0.4, -0.2) is 51.5 Å². The van der Waals surface area contributed by atoms with E-state index in [-0.39, 0.29) is 4.90 Å². The Morgan fingerprint density at radius 1 is 1.03 bits per heavy atom. The smallest absolute Gasteiger partial charge is 0.276 e. The first-order valence-electron chi connectivity index (χ1n) is 10.7. The molecule has 0 radical (unpaired) electrons. The van der Waals surface area contributed by atoms with Gasteiger partial charge >= 0.3 is 0 Å². The van der Waals surface area contributed by atoms with Gasteiger partial charge in [0.2, 0.25) is 15.9 Å². The van der Waals surface area contributed by atoms with Gasteiger partial charge in [0.05, 0.1) is 4.90 Å². The second-order valence-electron chi connectivity index (χ2n) is 7.54. The fraction of sp³-hybridized carbons (Fsp3) is 0.476. The number of rotatable bonds is 10. The zero-order chi connectivity index (χ0) is 21.5. The molecule has 0 unspecified atom stereocenters. The highest BCUT2D eigenvalue weighted by Crippen LogP contribution is 2.27. The molecule has 1 aliphatic heterocycles. The van der Waals surface area contributed by atoms with Gasteiger partial charge in [-0.1, -0.05) is 30.7 Å². The zero-order valence-electron chi connectivity index (χ0n) is 17.4. The van der Waals surface area contributed by atoms with Crippen molar-refractivity contribution in [3.63, 3.8) is 0 Å². The topological polar surface area (TPSA) is 94.1 Å². The number of benzene rings is 1. The van der Waals surface area contributed by atoms with E-state index in [0.29, 0.717) is 29.8 Å². The first-order valence-corrected chi connectivity index (χ1v) is 13.1. The lowest BCUT2D eigenvalue weighted by atomic mass is 10.2. The largest absolute Gasteiger partial charge is 0.411 e. The Kier molecular flexibility index (Phi) is 7.41. The van der Waals surface area contributed by atoms with Gasteiger partial charge in [-0.3, -0.25) is 4.68 Å². The minimum Gasteiger partial charge on any atom is -0.411 e. The van der Waals surface area contributed by atoms with Crippen LogP contribution in [0.4, 0.5) is 0 Å². The summed E-state index contributed by atoms with van der Waals surface area (Å²) in [5, 5.41) is 12.9. The van der Waals surface area contributed by atoms with E-state index in [2.05, 4.69) is 15.3 Å². The van der Waals surface area contributed by atoms with Crippen LogP contribution in [0.25, 0.3) is 11.5 Å². The maximum absolute atomic E-state index is 12.9. The van der Waals surface area contributed by atoms with Crippen molar-refractivity contribution >= 4 is 21.8 Å². The van der Waals surface area contributed by atoms with Crippen molar-refractivity contribution in [3.8, 4) is 11.5 Å². The molecular weight excluding hydrogens is 434 g/mol. The number of aromatic nitrogens is 4. The van der Waals surface area contributed by atoms with Gasteiger partial charge in [0.15, 0.2) is 0 Å². The van der Waals surface area contributed by atoms with Crippen molar-refractivity contribution in [1.29, 1.82) is 0 Å². The fourth-order valence-electron chi connectivity index (χ4n) is 3.57. The van der Waals surface area contributed by atoms with E-state index < -0.39 is 10.0 Å². The average molecular weight is 462 g/mol. The maximum atomic E-state index is 12.9. The van der Waals surface area contributed by atoms with Crippen molar-refractivity contribution in [2.24, 2.45) is 0 Å². The van der Waals surface area contributed by atoms with Crippen LogP contribution in [0.15, 0.2) is 57.3 Å². The van der Waals surface area contributed by atoms with E-state index in [4.69, 9.17) is 4.42 Å². The molecular formula is C21H27N5O3S2. The Labute approximate surface area is 187 Å². The summed E-state index contributed by atoms with van der Waals surface area (Å²) in [4.78, 5) is 0.275. The maximum Gasteiger partial charge on any atom is 0.276 e. The minimum absolute atomic E-state index is 0.275. The predicted octanol–water partition coefficient (Wildman–Crippen LogP) is 4.07. The summed E-state index contributed by atoms with van der Waals surface area (Å²) in [6.07, 6.45) is 9.90. The van der Waals surface area contributed by atoms with E-state index in [1.165, 1.54) is 11.8 Å². The van der Waals surface area contributed by atoms with Crippen LogP contribution in [0, 0.1) is 0 Å². The van der Waals surface area contributed by atoms with Gasteiger partial charge in [-0.2, -0.15) is 9.40 Å². The molecule has 0 atom stereocenters.